The first-order valence-corrected chi connectivity index (χ1v) is 7.62. The molecule has 0 aliphatic heterocycles. The maximum Gasteiger partial charge on any atom is 0.319 e. The SMILES string of the molecule is CCCCCCCCCCCCOC(=O)CN.N=C=O. The van der Waals surface area contributed by atoms with E-state index >= 15 is 0 Å². The van der Waals surface area contributed by atoms with E-state index in [0.717, 1.165) is 18.9 Å². The van der Waals surface area contributed by atoms with Crippen LogP contribution in [0.3, 0.4) is 0 Å². The predicted molar refractivity (Wildman–Crippen MR) is 80.3 cm³/mol. The summed E-state index contributed by atoms with van der Waals surface area (Å²) in [6.07, 6.45) is 13.7. The number of isocyanates is 1. The zero-order valence-electron chi connectivity index (χ0n) is 12.8. The van der Waals surface area contributed by atoms with Gasteiger partial charge in [-0.2, -0.15) is 0 Å². The molecule has 0 aliphatic rings. The zero-order chi connectivity index (χ0) is 15.5. The third-order valence-corrected chi connectivity index (χ3v) is 2.93. The number of ether oxygens (including phenoxy) is 1. The highest BCUT2D eigenvalue weighted by Gasteiger charge is 1.97. The number of unbranched alkanes of at least 4 members (excludes halogenated alkanes) is 9. The minimum Gasteiger partial charge on any atom is -0.465 e. The Hall–Kier alpha value is -1.19. The fourth-order valence-corrected chi connectivity index (χ4v) is 1.83. The lowest BCUT2D eigenvalue weighted by Crippen LogP contribution is -2.17. The van der Waals surface area contributed by atoms with Crippen LogP contribution in [0.2, 0.25) is 0 Å². The summed E-state index contributed by atoms with van der Waals surface area (Å²) in [5, 5.41) is 5.40. The number of hydrogen-bond donors (Lipinski definition) is 2. The van der Waals surface area contributed by atoms with E-state index in [2.05, 4.69) is 6.92 Å². The van der Waals surface area contributed by atoms with Crippen LogP contribution in [0.4, 0.5) is 0 Å². The minimum absolute atomic E-state index is 0.00222. The second kappa shape index (κ2) is 20.1. The molecule has 0 fully saturated rings. The lowest BCUT2D eigenvalue weighted by Gasteiger charge is -2.03. The van der Waals surface area contributed by atoms with Crippen LogP contribution in [0.5, 0.6) is 0 Å². The second-order valence-electron chi connectivity index (χ2n) is 4.71. The fourth-order valence-electron chi connectivity index (χ4n) is 1.83. The summed E-state index contributed by atoms with van der Waals surface area (Å²) in [6, 6.07) is 0. The van der Waals surface area contributed by atoms with E-state index in [1.165, 1.54) is 51.4 Å². The molecule has 0 atom stereocenters. The van der Waals surface area contributed by atoms with Crippen molar-refractivity contribution in [3.8, 4) is 0 Å². The molecule has 0 saturated carbocycles. The van der Waals surface area contributed by atoms with Crippen LogP contribution in [0.25, 0.3) is 0 Å². The Kier molecular flexibility index (Phi) is 21.3. The first kappa shape index (κ1) is 21.1. The van der Waals surface area contributed by atoms with Crippen molar-refractivity contribution in [3.63, 3.8) is 0 Å². The number of hydrogen-bond acceptors (Lipinski definition) is 5. The Morgan fingerprint density at radius 3 is 1.80 bits per heavy atom. The molecule has 0 rings (SSSR count). The normalized spacial score (nSPS) is 9.30. The summed E-state index contributed by atoms with van der Waals surface area (Å²) in [4.78, 5) is 19.1. The molecule has 3 N–H and O–H groups in total. The van der Waals surface area contributed by atoms with E-state index in [0.29, 0.717) is 6.61 Å². The third kappa shape index (κ3) is 22.0. The summed E-state index contributed by atoms with van der Waals surface area (Å²) < 4.78 is 4.90. The van der Waals surface area contributed by atoms with Crippen LogP contribution < -0.4 is 5.73 Å². The molecule has 0 heterocycles. The first-order valence-electron chi connectivity index (χ1n) is 7.62. The van der Waals surface area contributed by atoms with E-state index in [4.69, 9.17) is 20.7 Å². The molecule has 118 valence electrons. The van der Waals surface area contributed by atoms with Crippen molar-refractivity contribution in [2.75, 3.05) is 13.2 Å². The largest absolute Gasteiger partial charge is 0.465 e. The van der Waals surface area contributed by atoms with Gasteiger partial charge in [0.1, 0.15) is 0 Å². The Morgan fingerprint density at radius 1 is 1.00 bits per heavy atom. The predicted octanol–water partition coefficient (Wildman–Crippen LogP) is 3.31. The molecule has 0 spiro atoms. The van der Waals surface area contributed by atoms with Gasteiger partial charge in [0.15, 0.2) is 0 Å². The van der Waals surface area contributed by atoms with Gasteiger partial charge in [0, 0.05) is 0 Å². The number of nitrogens with two attached hydrogens (primary N) is 1. The van der Waals surface area contributed by atoms with Gasteiger partial charge in [0.05, 0.1) is 13.2 Å². The van der Waals surface area contributed by atoms with Crippen LogP contribution >= 0.6 is 0 Å². The lowest BCUT2D eigenvalue weighted by atomic mass is 10.1. The Morgan fingerprint density at radius 2 is 1.40 bits per heavy atom. The van der Waals surface area contributed by atoms with Crippen molar-refractivity contribution in [1.82, 2.24) is 0 Å². The van der Waals surface area contributed by atoms with Gasteiger partial charge < -0.3 is 10.5 Å². The molecule has 0 aromatic carbocycles. The van der Waals surface area contributed by atoms with E-state index in [9.17, 15) is 4.79 Å². The molecule has 0 bridgehead atoms. The molecule has 0 aromatic heterocycles. The van der Waals surface area contributed by atoms with E-state index in [1.807, 2.05) is 0 Å². The van der Waals surface area contributed by atoms with Crippen LogP contribution in [-0.2, 0) is 14.3 Å². The van der Waals surface area contributed by atoms with Crippen LogP contribution in [0.15, 0.2) is 0 Å². The van der Waals surface area contributed by atoms with Gasteiger partial charge >= 0.3 is 5.97 Å². The number of nitrogens with one attached hydrogen (secondary N) is 1. The van der Waals surface area contributed by atoms with Crippen molar-refractivity contribution in [3.05, 3.63) is 0 Å². The molecule has 0 aromatic rings. The standard InChI is InChI=1S/C14H29NO2.CHNO/c1-2-3-4-5-6-7-8-9-10-11-12-17-14(16)13-15;2-1-3/h2-13,15H2,1H3;2H. The van der Waals surface area contributed by atoms with Gasteiger partial charge in [0.2, 0.25) is 6.08 Å². The summed E-state index contributed by atoms with van der Waals surface area (Å²) in [6.45, 7) is 2.78. The van der Waals surface area contributed by atoms with Crippen molar-refractivity contribution < 1.29 is 14.3 Å². The number of rotatable bonds is 12. The monoisotopic (exact) mass is 286 g/mol. The summed E-state index contributed by atoms with van der Waals surface area (Å²) >= 11 is 0. The minimum atomic E-state index is -0.291. The number of carbonyl (C=O) groups is 1. The lowest BCUT2D eigenvalue weighted by molar-refractivity contribution is -0.142. The van der Waals surface area contributed by atoms with Gasteiger partial charge in [-0.3, -0.25) is 4.79 Å². The van der Waals surface area contributed by atoms with Crippen LogP contribution in [-0.4, -0.2) is 25.2 Å². The van der Waals surface area contributed by atoms with E-state index in [1.54, 1.807) is 0 Å². The molecule has 0 saturated heterocycles. The highest BCUT2D eigenvalue weighted by molar-refractivity contribution is 5.71. The van der Waals surface area contributed by atoms with Crippen molar-refractivity contribution in [1.29, 1.82) is 5.41 Å². The highest BCUT2D eigenvalue weighted by atomic mass is 16.5. The molecule has 20 heavy (non-hydrogen) atoms. The Bertz CT molecular complexity index is 239. The third-order valence-electron chi connectivity index (χ3n) is 2.93. The Labute approximate surface area is 122 Å². The molecule has 5 nitrogen and oxygen atoms in total. The van der Waals surface area contributed by atoms with Gasteiger partial charge in [-0.25, -0.2) is 10.2 Å². The molecular weight excluding hydrogens is 256 g/mol. The number of esters is 1. The molecule has 5 heteroatoms. The summed E-state index contributed by atoms with van der Waals surface area (Å²) in [5.74, 6) is -0.291. The zero-order valence-corrected chi connectivity index (χ0v) is 12.8. The van der Waals surface area contributed by atoms with Gasteiger partial charge in [-0.05, 0) is 6.42 Å². The fraction of sp³-hybridized carbons (Fsp3) is 0.867. The van der Waals surface area contributed by atoms with Crippen LogP contribution in [0.1, 0.15) is 71.1 Å². The van der Waals surface area contributed by atoms with Crippen molar-refractivity contribution in [2.24, 2.45) is 5.73 Å². The van der Waals surface area contributed by atoms with E-state index in [-0.39, 0.29) is 12.5 Å². The van der Waals surface area contributed by atoms with Crippen LogP contribution in [0, 0.1) is 5.41 Å². The molecule has 0 radical (unpaired) electrons. The quantitative estimate of drug-likeness (QED) is 0.249. The van der Waals surface area contributed by atoms with Gasteiger partial charge in [-0.1, -0.05) is 64.7 Å². The maximum absolute atomic E-state index is 10.7. The molecular formula is C15H30N2O3. The van der Waals surface area contributed by atoms with Crippen molar-refractivity contribution >= 4 is 12.0 Å². The second-order valence-corrected chi connectivity index (χ2v) is 4.71. The van der Waals surface area contributed by atoms with Gasteiger partial charge in [-0.15, -0.1) is 0 Å². The topological polar surface area (TPSA) is 93.2 Å². The smallest absolute Gasteiger partial charge is 0.319 e. The van der Waals surface area contributed by atoms with Crippen molar-refractivity contribution in [2.45, 2.75) is 71.1 Å². The molecule has 0 aliphatic carbocycles. The average molecular weight is 286 g/mol. The number of carbonyl (C=O) groups excluding carboxylic acids is 2. The highest BCUT2D eigenvalue weighted by Crippen LogP contribution is 2.10. The summed E-state index contributed by atoms with van der Waals surface area (Å²) in [7, 11) is 0. The first-order chi connectivity index (χ1) is 9.72. The molecule has 0 amide bonds. The Balaban J connectivity index is 0. The van der Waals surface area contributed by atoms with Gasteiger partial charge in [0.25, 0.3) is 0 Å². The molecule has 0 unspecified atom stereocenters. The maximum atomic E-state index is 10.7. The van der Waals surface area contributed by atoms with E-state index < -0.39 is 0 Å². The average Bonchev–Trinajstić information content (AvgIpc) is 2.45. The summed E-state index contributed by atoms with van der Waals surface area (Å²) in [5.41, 5.74) is 5.13.